The third-order valence-electron chi connectivity index (χ3n) is 2.20. The zero-order chi connectivity index (χ0) is 15.0. The standard InChI is InChI=1S/C9H9NO3.C5H8N2.Cu.H2O/c11-8-4-2-1-3-7(8)5-10-6-9(12)13;1-4-3-5(2)7-6-4;;/h1-5,11H,6H2,(H,12,13);3H,1-2H3,(H,6,7);;1H2/q;;+2;/p-2. The second kappa shape index (κ2) is 11.5. The molecule has 1 aromatic carbocycles. The van der Waals surface area contributed by atoms with Crippen LogP contribution in [0.25, 0.3) is 0 Å². The third kappa shape index (κ3) is 8.91. The number of carbonyl (C=O) groups is 1. The average Bonchev–Trinajstić information content (AvgIpc) is 2.76. The maximum Gasteiger partial charge on any atom is 2.00 e. The Morgan fingerprint density at radius 1 is 1.36 bits per heavy atom. The number of nitrogens with zero attached hydrogens (tertiary/aromatic N) is 2. The predicted molar refractivity (Wildman–Crippen MR) is 75.0 cm³/mol. The van der Waals surface area contributed by atoms with Gasteiger partial charge in [-0.3, -0.25) is 10.1 Å². The van der Waals surface area contributed by atoms with Crippen molar-refractivity contribution in [3.8, 4) is 5.75 Å². The number of nitrogens with one attached hydrogen (secondary N) is 1. The molecular formula is C14H17CuN3O4. The van der Waals surface area contributed by atoms with Gasteiger partial charge in [0.2, 0.25) is 0 Å². The van der Waals surface area contributed by atoms with Crippen molar-refractivity contribution in [1.29, 1.82) is 0 Å². The van der Waals surface area contributed by atoms with E-state index in [0.29, 0.717) is 5.56 Å². The molecule has 0 atom stereocenters. The summed E-state index contributed by atoms with van der Waals surface area (Å²) >= 11 is 0. The summed E-state index contributed by atoms with van der Waals surface area (Å²) in [6.45, 7) is 3.53. The van der Waals surface area contributed by atoms with Gasteiger partial charge in [-0.1, -0.05) is 24.3 Å². The second-order valence-corrected chi connectivity index (χ2v) is 4.07. The number of aromatic amines is 1. The van der Waals surface area contributed by atoms with Crippen molar-refractivity contribution in [2.24, 2.45) is 4.99 Å². The summed E-state index contributed by atoms with van der Waals surface area (Å²) in [5.41, 5.74) is 2.55. The fraction of sp³-hybridized carbons (Fsp3) is 0.214. The van der Waals surface area contributed by atoms with Crippen LogP contribution in [0.3, 0.4) is 0 Å². The monoisotopic (exact) mass is 354 g/mol. The largest absolute Gasteiger partial charge is 2.00 e. The number of benzene rings is 1. The van der Waals surface area contributed by atoms with Crippen LogP contribution in [-0.4, -0.2) is 34.4 Å². The number of carbonyl (C=O) groups excluding carboxylic acids is 1. The van der Waals surface area contributed by atoms with Crippen molar-refractivity contribution in [3.63, 3.8) is 0 Å². The Labute approximate surface area is 138 Å². The van der Waals surface area contributed by atoms with E-state index in [9.17, 15) is 15.0 Å². The van der Waals surface area contributed by atoms with Crippen molar-refractivity contribution in [2.75, 3.05) is 6.54 Å². The van der Waals surface area contributed by atoms with Crippen LogP contribution in [0, 0.1) is 13.8 Å². The summed E-state index contributed by atoms with van der Waals surface area (Å²) in [6, 6.07) is 8.25. The Balaban J connectivity index is 0. The van der Waals surface area contributed by atoms with E-state index in [-0.39, 0.29) is 28.3 Å². The summed E-state index contributed by atoms with van der Waals surface area (Å²) < 4.78 is 0. The van der Waals surface area contributed by atoms with Crippen molar-refractivity contribution in [2.45, 2.75) is 13.8 Å². The summed E-state index contributed by atoms with van der Waals surface area (Å²) in [7, 11) is 0. The molecule has 0 amide bonds. The Kier molecular flexibility index (Phi) is 11.6. The van der Waals surface area contributed by atoms with E-state index in [2.05, 4.69) is 15.2 Å². The molecule has 0 spiro atoms. The zero-order valence-electron chi connectivity index (χ0n) is 12.1. The van der Waals surface area contributed by atoms with Gasteiger partial charge in [-0.25, -0.2) is 0 Å². The molecule has 0 fully saturated rings. The van der Waals surface area contributed by atoms with Gasteiger partial charge in [-0.15, -0.1) is 5.75 Å². The minimum atomic E-state index is -1.26. The van der Waals surface area contributed by atoms with Crippen LogP contribution in [0.4, 0.5) is 0 Å². The summed E-state index contributed by atoms with van der Waals surface area (Å²) in [4.78, 5) is 13.5. The molecule has 0 bridgehead atoms. The first kappa shape index (κ1) is 22.1. The predicted octanol–water partition coefficient (Wildman–Crippen LogP) is -0.872. The SMILES string of the molecule is Cc1cc(C)[nH]n1.O.O=C([O-])CN=Cc1ccccc1[O-].[Cu+2]. The first-order valence-corrected chi connectivity index (χ1v) is 5.93. The molecular weight excluding hydrogens is 338 g/mol. The normalized spacial score (nSPS) is 9.18. The van der Waals surface area contributed by atoms with Gasteiger partial charge in [0.15, 0.2) is 0 Å². The number of aryl methyl sites for hydroxylation is 2. The number of aliphatic carboxylic acids is 1. The number of carboxylic acids is 1. The molecule has 123 valence electrons. The van der Waals surface area contributed by atoms with Gasteiger partial charge in [-0.05, 0) is 25.5 Å². The summed E-state index contributed by atoms with van der Waals surface area (Å²) in [5, 5.41) is 27.7. The number of hydrogen-bond acceptors (Lipinski definition) is 5. The first-order chi connectivity index (χ1) is 9.49. The maximum atomic E-state index is 11.0. The number of para-hydroxylation sites is 1. The van der Waals surface area contributed by atoms with Gasteiger partial charge in [0.25, 0.3) is 0 Å². The molecule has 8 heteroatoms. The third-order valence-corrected chi connectivity index (χ3v) is 2.20. The minimum absolute atomic E-state index is 0. The fourth-order valence-corrected chi connectivity index (χ4v) is 1.36. The van der Waals surface area contributed by atoms with Gasteiger partial charge in [0, 0.05) is 11.9 Å². The van der Waals surface area contributed by atoms with Crippen LogP contribution >= 0.6 is 0 Å². The summed E-state index contributed by atoms with van der Waals surface area (Å²) in [5.74, 6) is -1.44. The number of aliphatic imine (C=N–C) groups is 1. The smallest absolute Gasteiger partial charge is 0.872 e. The molecule has 1 radical (unpaired) electrons. The van der Waals surface area contributed by atoms with Crippen molar-refractivity contribution < 1.29 is 37.6 Å². The number of rotatable bonds is 3. The molecule has 0 aliphatic carbocycles. The molecule has 3 N–H and O–H groups in total. The maximum absolute atomic E-state index is 11.0. The molecule has 0 aliphatic heterocycles. The van der Waals surface area contributed by atoms with E-state index in [4.69, 9.17) is 0 Å². The number of aromatic nitrogens is 2. The van der Waals surface area contributed by atoms with E-state index >= 15 is 0 Å². The van der Waals surface area contributed by atoms with Crippen LogP contribution in [0.1, 0.15) is 17.0 Å². The molecule has 0 saturated carbocycles. The van der Waals surface area contributed by atoms with Crippen molar-refractivity contribution >= 4 is 12.2 Å². The van der Waals surface area contributed by atoms with E-state index in [1.165, 1.54) is 12.3 Å². The van der Waals surface area contributed by atoms with Gasteiger partial charge >= 0.3 is 17.1 Å². The first-order valence-electron chi connectivity index (χ1n) is 5.93. The van der Waals surface area contributed by atoms with Crippen LogP contribution in [0.5, 0.6) is 5.75 Å². The topological polar surface area (TPSA) is 136 Å². The van der Waals surface area contributed by atoms with Crippen LogP contribution in [0.2, 0.25) is 0 Å². The molecule has 7 nitrogen and oxygen atoms in total. The van der Waals surface area contributed by atoms with Crippen molar-refractivity contribution in [3.05, 3.63) is 47.3 Å². The Bertz CT molecular complexity index is 583. The molecule has 0 saturated heterocycles. The fourth-order valence-electron chi connectivity index (χ4n) is 1.36. The van der Waals surface area contributed by atoms with Crippen LogP contribution in [0.15, 0.2) is 35.3 Å². The van der Waals surface area contributed by atoms with Gasteiger partial charge in [-0.2, -0.15) is 5.10 Å². The quantitative estimate of drug-likeness (QED) is 0.565. The number of H-pyrrole nitrogens is 1. The molecule has 22 heavy (non-hydrogen) atoms. The summed E-state index contributed by atoms with van der Waals surface area (Å²) in [6.07, 6.45) is 1.23. The van der Waals surface area contributed by atoms with E-state index in [1.54, 1.807) is 18.2 Å². The molecule has 1 heterocycles. The van der Waals surface area contributed by atoms with Crippen molar-refractivity contribution in [1.82, 2.24) is 10.2 Å². The Morgan fingerprint density at radius 3 is 2.41 bits per heavy atom. The Morgan fingerprint density at radius 2 is 2.00 bits per heavy atom. The Hall–Kier alpha value is -2.15. The molecule has 0 aliphatic rings. The second-order valence-electron chi connectivity index (χ2n) is 4.07. The minimum Gasteiger partial charge on any atom is -0.872 e. The molecule has 2 aromatic rings. The average molecular weight is 355 g/mol. The molecule has 0 unspecified atom stereocenters. The van der Waals surface area contributed by atoms with Gasteiger partial charge in [0.05, 0.1) is 18.2 Å². The van der Waals surface area contributed by atoms with Crippen LogP contribution < -0.4 is 10.2 Å². The number of hydrogen-bond donors (Lipinski definition) is 1. The van der Waals surface area contributed by atoms with E-state index in [1.807, 2.05) is 19.9 Å². The van der Waals surface area contributed by atoms with Crippen LogP contribution in [-0.2, 0) is 21.9 Å². The molecule has 1 aromatic heterocycles. The number of carboxylic acid groups (broad SMARTS) is 1. The van der Waals surface area contributed by atoms with Gasteiger partial charge in [0.1, 0.15) is 0 Å². The van der Waals surface area contributed by atoms with E-state index < -0.39 is 12.5 Å². The van der Waals surface area contributed by atoms with Gasteiger partial charge < -0.3 is 20.5 Å². The van der Waals surface area contributed by atoms with E-state index in [0.717, 1.165) is 11.4 Å². The zero-order valence-corrected chi connectivity index (χ0v) is 13.0. The molecule has 2 rings (SSSR count).